The van der Waals surface area contributed by atoms with E-state index in [-0.39, 0.29) is 24.2 Å². The lowest BCUT2D eigenvalue weighted by molar-refractivity contribution is 0.0736. The number of ether oxygens (including phenoxy) is 2. The van der Waals surface area contributed by atoms with Gasteiger partial charge in [-0.05, 0) is 53.6 Å². The first-order chi connectivity index (χ1) is 15.0. The minimum atomic E-state index is -0.232. The molecule has 1 atom stereocenters. The Balaban J connectivity index is 1.42. The van der Waals surface area contributed by atoms with Gasteiger partial charge in [-0.2, -0.15) is 0 Å². The van der Waals surface area contributed by atoms with E-state index in [0.717, 1.165) is 22.1 Å². The highest BCUT2D eigenvalue weighted by atomic mass is 16.5. The normalized spacial score (nSPS) is 11.8. The fourth-order valence-corrected chi connectivity index (χ4v) is 3.24. The molecule has 1 amide bonds. The Bertz CT molecular complexity index is 1190. The fraction of sp³-hybridized carbons (Fsp3) is 0.208. The number of hydrogen-bond acceptors (Lipinski definition) is 6. The largest absolute Gasteiger partial charge is 0.497 e. The third-order valence-electron chi connectivity index (χ3n) is 5.22. The SMILES string of the molecule is COc1ccc2ccc(OCc3nc(C(=O)N(C)[C@H](C)c4cccnc4)co3)cc2c1. The summed E-state index contributed by atoms with van der Waals surface area (Å²) in [5.74, 6) is 1.56. The van der Waals surface area contributed by atoms with Gasteiger partial charge in [-0.25, -0.2) is 4.98 Å². The van der Waals surface area contributed by atoms with E-state index in [1.54, 1.807) is 31.5 Å². The molecule has 31 heavy (non-hydrogen) atoms. The van der Waals surface area contributed by atoms with E-state index in [1.807, 2.05) is 55.5 Å². The van der Waals surface area contributed by atoms with Gasteiger partial charge in [-0.1, -0.05) is 18.2 Å². The molecule has 4 aromatic rings. The van der Waals surface area contributed by atoms with Crippen molar-refractivity contribution in [2.75, 3.05) is 14.2 Å². The van der Waals surface area contributed by atoms with E-state index in [9.17, 15) is 4.79 Å². The first-order valence-corrected chi connectivity index (χ1v) is 9.87. The van der Waals surface area contributed by atoms with Gasteiger partial charge in [0.05, 0.1) is 13.2 Å². The van der Waals surface area contributed by atoms with E-state index in [0.29, 0.717) is 11.6 Å². The summed E-state index contributed by atoms with van der Waals surface area (Å²) in [7, 11) is 3.37. The number of aromatic nitrogens is 2. The van der Waals surface area contributed by atoms with Crippen LogP contribution in [0.1, 0.15) is 34.9 Å². The lowest BCUT2D eigenvalue weighted by atomic mass is 10.1. The molecule has 0 radical (unpaired) electrons. The van der Waals surface area contributed by atoms with E-state index in [4.69, 9.17) is 13.9 Å². The number of nitrogens with zero attached hydrogens (tertiary/aromatic N) is 3. The summed E-state index contributed by atoms with van der Waals surface area (Å²) in [6.45, 7) is 2.05. The summed E-state index contributed by atoms with van der Waals surface area (Å²) in [5.41, 5.74) is 1.18. The maximum Gasteiger partial charge on any atom is 0.276 e. The first-order valence-electron chi connectivity index (χ1n) is 9.87. The Labute approximate surface area is 180 Å². The molecule has 0 aliphatic rings. The predicted molar refractivity (Wildman–Crippen MR) is 116 cm³/mol. The van der Waals surface area contributed by atoms with Crippen LogP contribution in [0.5, 0.6) is 11.5 Å². The average molecular weight is 417 g/mol. The van der Waals surface area contributed by atoms with Gasteiger partial charge < -0.3 is 18.8 Å². The Kier molecular flexibility index (Phi) is 5.84. The van der Waals surface area contributed by atoms with Crippen molar-refractivity contribution in [1.29, 1.82) is 0 Å². The smallest absolute Gasteiger partial charge is 0.276 e. The zero-order valence-corrected chi connectivity index (χ0v) is 17.6. The van der Waals surface area contributed by atoms with Crippen molar-refractivity contribution >= 4 is 16.7 Å². The van der Waals surface area contributed by atoms with Crippen LogP contribution in [0.25, 0.3) is 10.8 Å². The summed E-state index contributed by atoms with van der Waals surface area (Å²) in [5, 5.41) is 2.09. The molecular formula is C24H23N3O4. The van der Waals surface area contributed by atoms with Crippen LogP contribution in [0, 0.1) is 0 Å². The van der Waals surface area contributed by atoms with E-state index in [2.05, 4.69) is 9.97 Å². The first kappa shape index (κ1) is 20.4. The van der Waals surface area contributed by atoms with Crippen molar-refractivity contribution in [2.45, 2.75) is 19.6 Å². The minimum absolute atomic E-state index is 0.116. The van der Waals surface area contributed by atoms with Crippen molar-refractivity contribution in [3.05, 3.63) is 84.3 Å². The number of hydrogen-bond donors (Lipinski definition) is 0. The molecule has 7 heteroatoms. The molecule has 158 valence electrons. The van der Waals surface area contributed by atoms with E-state index < -0.39 is 0 Å². The topological polar surface area (TPSA) is 77.7 Å². The van der Waals surface area contributed by atoms with Crippen LogP contribution in [-0.4, -0.2) is 34.9 Å². The molecule has 0 unspecified atom stereocenters. The maximum atomic E-state index is 12.8. The second-order valence-corrected chi connectivity index (χ2v) is 7.17. The number of amides is 1. The molecule has 0 spiro atoms. The van der Waals surface area contributed by atoms with Gasteiger partial charge in [-0.3, -0.25) is 9.78 Å². The van der Waals surface area contributed by atoms with Crippen molar-refractivity contribution in [3.8, 4) is 11.5 Å². The predicted octanol–water partition coefficient (Wildman–Crippen LogP) is 4.64. The van der Waals surface area contributed by atoms with Gasteiger partial charge in [0.2, 0.25) is 5.89 Å². The van der Waals surface area contributed by atoms with E-state index in [1.165, 1.54) is 6.26 Å². The summed E-state index contributed by atoms with van der Waals surface area (Å²) >= 11 is 0. The van der Waals surface area contributed by atoms with Crippen molar-refractivity contribution in [3.63, 3.8) is 0 Å². The van der Waals surface area contributed by atoms with Crippen LogP contribution in [0.2, 0.25) is 0 Å². The molecule has 2 heterocycles. The van der Waals surface area contributed by atoms with Gasteiger partial charge in [-0.15, -0.1) is 0 Å². The Hall–Kier alpha value is -3.87. The zero-order valence-electron chi connectivity index (χ0n) is 17.6. The number of methoxy groups -OCH3 is 1. The van der Waals surface area contributed by atoms with Gasteiger partial charge in [0.25, 0.3) is 5.91 Å². The van der Waals surface area contributed by atoms with Crippen molar-refractivity contribution < 1.29 is 18.7 Å². The molecule has 0 saturated heterocycles. The van der Waals surface area contributed by atoms with Gasteiger partial charge in [0.1, 0.15) is 17.8 Å². The van der Waals surface area contributed by atoms with Crippen LogP contribution >= 0.6 is 0 Å². The van der Waals surface area contributed by atoms with Gasteiger partial charge >= 0.3 is 0 Å². The molecule has 2 aromatic carbocycles. The standard InChI is InChI=1S/C24H23N3O4/c1-16(18-5-4-10-25-13-18)27(2)24(28)22-14-31-23(26-22)15-30-21-9-7-17-6-8-20(29-3)11-19(17)12-21/h4-14,16H,15H2,1-3H3/t16-/m1/s1. The Morgan fingerprint density at radius 2 is 1.90 bits per heavy atom. The molecule has 4 rings (SSSR count). The number of benzene rings is 2. The number of pyridine rings is 1. The number of carbonyl (C=O) groups excluding carboxylic acids is 1. The monoisotopic (exact) mass is 417 g/mol. The van der Waals surface area contributed by atoms with E-state index >= 15 is 0 Å². The fourth-order valence-electron chi connectivity index (χ4n) is 3.24. The summed E-state index contributed by atoms with van der Waals surface area (Å²) in [4.78, 5) is 22.8. The number of carbonyl (C=O) groups is 1. The number of fused-ring (bicyclic) bond motifs is 1. The lowest BCUT2D eigenvalue weighted by Gasteiger charge is -2.24. The molecular weight excluding hydrogens is 394 g/mol. The third-order valence-corrected chi connectivity index (χ3v) is 5.22. The number of rotatable bonds is 7. The van der Waals surface area contributed by atoms with Crippen LogP contribution in [0.3, 0.4) is 0 Å². The molecule has 2 aromatic heterocycles. The van der Waals surface area contributed by atoms with Gasteiger partial charge in [0.15, 0.2) is 12.3 Å². The Morgan fingerprint density at radius 3 is 2.65 bits per heavy atom. The minimum Gasteiger partial charge on any atom is -0.497 e. The molecule has 0 aliphatic heterocycles. The second-order valence-electron chi connectivity index (χ2n) is 7.17. The highest BCUT2D eigenvalue weighted by Gasteiger charge is 2.22. The summed E-state index contributed by atoms with van der Waals surface area (Å²) < 4.78 is 16.5. The quantitative estimate of drug-likeness (QED) is 0.436. The Morgan fingerprint density at radius 1 is 1.13 bits per heavy atom. The van der Waals surface area contributed by atoms with Gasteiger partial charge in [0, 0.05) is 19.4 Å². The van der Waals surface area contributed by atoms with Crippen LogP contribution in [0.4, 0.5) is 0 Å². The van der Waals surface area contributed by atoms with Crippen molar-refractivity contribution in [1.82, 2.24) is 14.9 Å². The molecule has 0 bridgehead atoms. The third kappa shape index (κ3) is 4.50. The second kappa shape index (κ2) is 8.87. The average Bonchev–Trinajstić information content (AvgIpc) is 3.30. The van der Waals surface area contributed by atoms with Crippen LogP contribution in [-0.2, 0) is 6.61 Å². The molecule has 0 N–H and O–H groups in total. The molecule has 0 fully saturated rings. The molecule has 0 saturated carbocycles. The van der Waals surface area contributed by atoms with Crippen LogP contribution in [0.15, 0.2) is 71.6 Å². The summed E-state index contributed by atoms with van der Waals surface area (Å²) in [6.07, 6.45) is 4.81. The van der Waals surface area contributed by atoms with Crippen molar-refractivity contribution in [2.24, 2.45) is 0 Å². The zero-order chi connectivity index (χ0) is 21.8. The maximum absolute atomic E-state index is 12.8. The number of oxazole rings is 1. The highest BCUT2D eigenvalue weighted by molar-refractivity contribution is 5.92. The highest BCUT2D eigenvalue weighted by Crippen LogP contribution is 2.25. The molecule has 7 nitrogen and oxygen atoms in total. The lowest BCUT2D eigenvalue weighted by Crippen LogP contribution is -2.30. The molecule has 0 aliphatic carbocycles. The van der Waals surface area contributed by atoms with Crippen LogP contribution < -0.4 is 9.47 Å². The summed E-state index contributed by atoms with van der Waals surface area (Å²) in [6, 6.07) is 15.3.